The number of methoxy groups -OCH3 is 1. The molecule has 164 valence electrons. The molecular formula is C24H21ClN2O4S. The standard InChI is InChI=1S/C24H21ClN2O4S/c1-30-23(28)15-31-21-4-2-3-18(13-21)14-26-27-24(29)19-7-5-17(6-8-19)16-32-22-11-9-20(25)10-12-22/h2-14H,15-16H2,1H3,(H,27,29). The molecule has 3 aromatic rings. The molecule has 3 rings (SSSR count). The van der Waals surface area contributed by atoms with Gasteiger partial charge in [-0.15, -0.1) is 11.8 Å². The zero-order valence-electron chi connectivity index (χ0n) is 17.3. The van der Waals surface area contributed by atoms with Gasteiger partial charge in [0.1, 0.15) is 5.75 Å². The number of nitrogens with zero attached hydrogens (tertiary/aromatic N) is 1. The van der Waals surface area contributed by atoms with Crippen molar-refractivity contribution >= 4 is 41.5 Å². The SMILES string of the molecule is COC(=O)COc1cccc(C=NNC(=O)c2ccc(CSc3ccc(Cl)cc3)cc2)c1. The number of halogens is 1. The Kier molecular flexibility index (Phi) is 8.71. The Morgan fingerprint density at radius 2 is 1.81 bits per heavy atom. The lowest BCUT2D eigenvalue weighted by molar-refractivity contribution is -0.142. The van der Waals surface area contributed by atoms with Crippen LogP contribution in [0.4, 0.5) is 0 Å². The molecule has 0 bridgehead atoms. The lowest BCUT2D eigenvalue weighted by Gasteiger charge is -2.05. The molecule has 0 spiro atoms. The second kappa shape index (κ2) is 11.9. The monoisotopic (exact) mass is 468 g/mol. The molecular weight excluding hydrogens is 448 g/mol. The number of hydrogen-bond donors (Lipinski definition) is 1. The van der Waals surface area contributed by atoms with Gasteiger partial charge < -0.3 is 9.47 Å². The molecule has 0 saturated carbocycles. The first-order valence-corrected chi connectivity index (χ1v) is 11.0. The van der Waals surface area contributed by atoms with E-state index >= 15 is 0 Å². The number of ether oxygens (including phenoxy) is 2. The first kappa shape index (κ1) is 23.4. The largest absolute Gasteiger partial charge is 0.482 e. The predicted octanol–water partition coefficient (Wildman–Crippen LogP) is 4.95. The molecule has 0 aliphatic rings. The number of carbonyl (C=O) groups excluding carboxylic acids is 2. The molecule has 0 atom stereocenters. The van der Waals surface area contributed by atoms with Crippen molar-refractivity contribution in [2.45, 2.75) is 10.6 Å². The zero-order chi connectivity index (χ0) is 22.8. The molecule has 8 heteroatoms. The first-order chi connectivity index (χ1) is 15.5. The summed E-state index contributed by atoms with van der Waals surface area (Å²) in [4.78, 5) is 24.6. The van der Waals surface area contributed by atoms with Gasteiger partial charge in [-0.25, -0.2) is 10.2 Å². The molecule has 32 heavy (non-hydrogen) atoms. The van der Waals surface area contributed by atoms with E-state index in [2.05, 4.69) is 15.3 Å². The van der Waals surface area contributed by atoms with E-state index in [1.54, 1.807) is 48.2 Å². The second-order valence-electron chi connectivity index (χ2n) is 6.58. The van der Waals surface area contributed by atoms with E-state index in [4.69, 9.17) is 16.3 Å². The summed E-state index contributed by atoms with van der Waals surface area (Å²) in [7, 11) is 1.30. The molecule has 0 aromatic heterocycles. The molecule has 0 fully saturated rings. The van der Waals surface area contributed by atoms with E-state index in [-0.39, 0.29) is 12.5 Å². The van der Waals surface area contributed by atoms with Crippen molar-refractivity contribution in [3.63, 3.8) is 0 Å². The molecule has 0 radical (unpaired) electrons. The Labute approximate surface area is 195 Å². The lowest BCUT2D eigenvalue weighted by atomic mass is 10.1. The van der Waals surface area contributed by atoms with Crippen molar-refractivity contribution < 1.29 is 19.1 Å². The summed E-state index contributed by atoms with van der Waals surface area (Å²) in [6, 6.07) is 22.0. The normalized spacial score (nSPS) is 10.7. The molecule has 1 N–H and O–H groups in total. The summed E-state index contributed by atoms with van der Waals surface area (Å²) in [5.74, 6) is 0.510. The van der Waals surface area contributed by atoms with Crippen molar-refractivity contribution in [3.05, 3.63) is 94.5 Å². The van der Waals surface area contributed by atoms with Crippen LogP contribution in [0.15, 0.2) is 82.8 Å². The molecule has 0 heterocycles. The highest BCUT2D eigenvalue weighted by Crippen LogP contribution is 2.24. The highest BCUT2D eigenvalue weighted by atomic mass is 35.5. The Hall–Kier alpha value is -3.29. The fraction of sp³-hybridized carbons (Fsp3) is 0.125. The van der Waals surface area contributed by atoms with Crippen LogP contribution in [-0.4, -0.2) is 31.8 Å². The summed E-state index contributed by atoms with van der Waals surface area (Å²) in [5, 5.41) is 4.70. The number of carbonyl (C=O) groups is 2. The van der Waals surface area contributed by atoms with Gasteiger partial charge in [-0.2, -0.15) is 5.10 Å². The van der Waals surface area contributed by atoms with Crippen LogP contribution in [-0.2, 0) is 15.3 Å². The minimum absolute atomic E-state index is 0.179. The van der Waals surface area contributed by atoms with Crippen LogP contribution < -0.4 is 10.2 Å². The lowest BCUT2D eigenvalue weighted by Crippen LogP contribution is -2.17. The minimum atomic E-state index is -0.467. The Bertz CT molecular complexity index is 1090. The van der Waals surface area contributed by atoms with Crippen LogP contribution in [0.5, 0.6) is 5.75 Å². The average Bonchev–Trinajstić information content (AvgIpc) is 2.82. The van der Waals surface area contributed by atoms with Gasteiger partial charge in [0.05, 0.1) is 13.3 Å². The fourth-order valence-corrected chi connectivity index (χ4v) is 3.55. The third-order valence-corrected chi connectivity index (χ3v) is 5.59. The Morgan fingerprint density at radius 1 is 1.06 bits per heavy atom. The van der Waals surface area contributed by atoms with Gasteiger partial charge in [0, 0.05) is 21.2 Å². The van der Waals surface area contributed by atoms with E-state index in [9.17, 15) is 9.59 Å². The molecule has 0 unspecified atom stereocenters. The van der Waals surface area contributed by atoms with Crippen LogP contribution in [0.2, 0.25) is 5.02 Å². The maximum atomic E-state index is 12.3. The molecule has 1 amide bonds. The van der Waals surface area contributed by atoms with Gasteiger partial charge in [-0.05, 0) is 59.7 Å². The fourth-order valence-electron chi connectivity index (χ4n) is 2.57. The van der Waals surface area contributed by atoms with Crippen molar-refractivity contribution in [2.24, 2.45) is 5.10 Å². The van der Waals surface area contributed by atoms with Gasteiger partial charge >= 0.3 is 5.97 Å². The summed E-state index contributed by atoms with van der Waals surface area (Å²) < 4.78 is 9.87. The quantitative estimate of drug-likeness (QED) is 0.208. The number of esters is 1. The van der Waals surface area contributed by atoms with Crippen LogP contribution >= 0.6 is 23.4 Å². The third-order valence-electron chi connectivity index (χ3n) is 4.26. The number of nitrogens with one attached hydrogen (secondary N) is 1. The Balaban J connectivity index is 1.49. The predicted molar refractivity (Wildman–Crippen MR) is 126 cm³/mol. The highest BCUT2D eigenvalue weighted by Gasteiger charge is 2.05. The van der Waals surface area contributed by atoms with E-state index in [1.165, 1.54) is 13.3 Å². The summed E-state index contributed by atoms with van der Waals surface area (Å²) >= 11 is 7.60. The third kappa shape index (κ3) is 7.44. The van der Waals surface area contributed by atoms with Crippen molar-refractivity contribution in [1.82, 2.24) is 5.43 Å². The van der Waals surface area contributed by atoms with Crippen LogP contribution in [0.25, 0.3) is 0 Å². The maximum absolute atomic E-state index is 12.3. The maximum Gasteiger partial charge on any atom is 0.343 e. The Morgan fingerprint density at radius 3 is 2.53 bits per heavy atom. The number of hydrazone groups is 1. The summed E-state index contributed by atoms with van der Waals surface area (Å²) in [5.41, 5.74) is 4.83. The second-order valence-corrected chi connectivity index (χ2v) is 8.06. The van der Waals surface area contributed by atoms with Crippen LogP contribution in [0, 0.1) is 0 Å². The van der Waals surface area contributed by atoms with Crippen LogP contribution in [0.1, 0.15) is 21.5 Å². The molecule has 0 saturated heterocycles. The first-order valence-electron chi connectivity index (χ1n) is 9.64. The van der Waals surface area contributed by atoms with Gasteiger partial charge in [0.2, 0.25) is 0 Å². The van der Waals surface area contributed by atoms with Crippen LogP contribution in [0.3, 0.4) is 0 Å². The number of benzene rings is 3. The average molecular weight is 469 g/mol. The highest BCUT2D eigenvalue weighted by molar-refractivity contribution is 7.98. The topological polar surface area (TPSA) is 77.0 Å². The van der Waals surface area contributed by atoms with E-state index in [0.717, 1.165) is 16.2 Å². The molecule has 0 aliphatic carbocycles. The number of rotatable bonds is 9. The minimum Gasteiger partial charge on any atom is -0.482 e. The molecule has 6 nitrogen and oxygen atoms in total. The van der Waals surface area contributed by atoms with E-state index in [1.807, 2.05) is 36.4 Å². The van der Waals surface area contributed by atoms with E-state index < -0.39 is 5.97 Å². The summed E-state index contributed by atoms with van der Waals surface area (Å²) in [6.45, 7) is -0.179. The van der Waals surface area contributed by atoms with Gasteiger partial charge in [0.15, 0.2) is 6.61 Å². The number of thioether (sulfide) groups is 1. The van der Waals surface area contributed by atoms with Crippen molar-refractivity contribution in [1.29, 1.82) is 0 Å². The van der Waals surface area contributed by atoms with Gasteiger partial charge in [-0.3, -0.25) is 4.79 Å². The van der Waals surface area contributed by atoms with Crippen molar-refractivity contribution in [2.75, 3.05) is 13.7 Å². The number of hydrogen-bond acceptors (Lipinski definition) is 6. The van der Waals surface area contributed by atoms with Gasteiger partial charge in [-0.1, -0.05) is 35.9 Å². The van der Waals surface area contributed by atoms with Crippen molar-refractivity contribution in [3.8, 4) is 5.75 Å². The molecule has 0 aliphatic heterocycles. The van der Waals surface area contributed by atoms with E-state index in [0.29, 0.717) is 21.9 Å². The van der Waals surface area contributed by atoms with Gasteiger partial charge in [0.25, 0.3) is 5.91 Å². The smallest absolute Gasteiger partial charge is 0.343 e. The number of amides is 1. The summed E-state index contributed by atoms with van der Waals surface area (Å²) in [6.07, 6.45) is 1.50. The zero-order valence-corrected chi connectivity index (χ0v) is 18.9. The molecule has 3 aromatic carbocycles.